The number of carbonyl (C=O) groups is 1. The summed E-state index contributed by atoms with van der Waals surface area (Å²) in [6.45, 7) is 2.53. The molecule has 3 aromatic rings. The Morgan fingerprint density at radius 2 is 2.33 bits per heavy atom. The highest BCUT2D eigenvalue weighted by Crippen LogP contribution is 2.22. The van der Waals surface area contributed by atoms with Gasteiger partial charge in [0.25, 0.3) is 5.91 Å². The summed E-state index contributed by atoms with van der Waals surface area (Å²) < 4.78 is 0. The molecule has 108 valence electrons. The number of hydrogen-bond donors (Lipinski definition) is 2. The number of aromatic nitrogens is 3. The first kappa shape index (κ1) is 14.0. The molecule has 0 saturated heterocycles. The standard InChI is InChI=1S/C14H14N4OS2/c1-9-16-10(8-21-9)4-5-15-14(19)12-7-11(17-18-12)13-3-2-6-20-13/h2-3,6-8H,4-5H2,1H3,(H,15,19)(H,17,18). The molecule has 5 nitrogen and oxygen atoms in total. The van der Waals surface area contributed by atoms with Crippen LogP contribution in [-0.4, -0.2) is 27.6 Å². The fraction of sp³-hybridized carbons (Fsp3) is 0.214. The normalized spacial score (nSPS) is 10.7. The average Bonchev–Trinajstić information content (AvgIpc) is 3.19. The number of amides is 1. The van der Waals surface area contributed by atoms with Crippen molar-refractivity contribution >= 4 is 28.6 Å². The number of thiazole rings is 1. The molecule has 3 rings (SSSR count). The maximum Gasteiger partial charge on any atom is 0.271 e. The third kappa shape index (κ3) is 3.37. The van der Waals surface area contributed by atoms with Gasteiger partial charge >= 0.3 is 0 Å². The van der Waals surface area contributed by atoms with Crippen LogP contribution >= 0.6 is 22.7 Å². The maximum absolute atomic E-state index is 12.0. The van der Waals surface area contributed by atoms with E-state index in [0.29, 0.717) is 12.2 Å². The topological polar surface area (TPSA) is 70.7 Å². The van der Waals surface area contributed by atoms with Gasteiger partial charge in [0, 0.05) is 18.3 Å². The van der Waals surface area contributed by atoms with Crippen LogP contribution in [0, 0.1) is 6.92 Å². The van der Waals surface area contributed by atoms with Crippen molar-refractivity contribution in [1.82, 2.24) is 20.5 Å². The molecule has 21 heavy (non-hydrogen) atoms. The van der Waals surface area contributed by atoms with Crippen molar-refractivity contribution in [2.24, 2.45) is 0 Å². The summed E-state index contributed by atoms with van der Waals surface area (Å²) >= 11 is 3.23. The molecular formula is C14H14N4OS2. The van der Waals surface area contributed by atoms with Gasteiger partial charge in [0.2, 0.25) is 0 Å². The molecule has 0 spiro atoms. The molecule has 0 aliphatic rings. The van der Waals surface area contributed by atoms with Crippen molar-refractivity contribution in [3.05, 3.63) is 45.4 Å². The molecule has 0 aliphatic heterocycles. The molecule has 7 heteroatoms. The Hall–Kier alpha value is -1.99. The number of thiophene rings is 1. The Labute approximate surface area is 130 Å². The second-order valence-electron chi connectivity index (χ2n) is 4.51. The van der Waals surface area contributed by atoms with Crippen LogP contribution in [-0.2, 0) is 6.42 Å². The van der Waals surface area contributed by atoms with E-state index in [1.165, 1.54) is 0 Å². The first-order chi connectivity index (χ1) is 10.2. The number of aryl methyl sites for hydroxylation is 1. The molecule has 0 aromatic carbocycles. The largest absolute Gasteiger partial charge is 0.350 e. The highest BCUT2D eigenvalue weighted by atomic mass is 32.1. The summed E-state index contributed by atoms with van der Waals surface area (Å²) in [4.78, 5) is 17.4. The highest BCUT2D eigenvalue weighted by Gasteiger charge is 2.11. The minimum Gasteiger partial charge on any atom is -0.350 e. The lowest BCUT2D eigenvalue weighted by Crippen LogP contribution is -2.26. The van der Waals surface area contributed by atoms with Gasteiger partial charge in [-0.15, -0.1) is 22.7 Å². The van der Waals surface area contributed by atoms with E-state index in [9.17, 15) is 4.79 Å². The van der Waals surface area contributed by atoms with E-state index < -0.39 is 0 Å². The Balaban J connectivity index is 1.56. The first-order valence-electron chi connectivity index (χ1n) is 6.51. The number of rotatable bonds is 5. The zero-order valence-corrected chi connectivity index (χ0v) is 13.1. The minimum absolute atomic E-state index is 0.166. The number of aromatic amines is 1. The van der Waals surface area contributed by atoms with Gasteiger partial charge in [0.05, 0.1) is 21.3 Å². The minimum atomic E-state index is -0.166. The molecule has 0 unspecified atom stereocenters. The van der Waals surface area contributed by atoms with Gasteiger partial charge in [-0.2, -0.15) is 5.10 Å². The van der Waals surface area contributed by atoms with Gasteiger partial charge in [0.15, 0.2) is 5.69 Å². The van der Waals surface area contributed by atoms with E-state index in [4.69, 9.17) is 0 Å². The van der Waals surface area contributed by atoms with Crippen LogP contribution in [0.5, 0.6) is 0 Å². The summed E-state index contributed by atoms with van der Waals surface area (Å²) in [5.41, 5.74) is 2.29. The molecule has 0 saturated carbocycles. The Morgan fingerprint density at radius 3 is 3.05 bits per heavy atom. The van der Waals surface area contributed by atoms with Crippen LogP contribution in [0.4, 0.5) is 0 Å². The van der Waals surface area contributed by atoms with E-state index in [1.54, 1.807) is 28.7 Å². The number of carbonyl (C=O) groups excluding carboxylic acids is 1. The van der Waals surface area contributed by atoms with Crippen LogP contribution in [0.2, 0.25) is 0 Å². The second-order valence-corrected chi connectivity index (χ2v) is 6.52. The van der Waals surface area contributed by atoms with Gasteiger partial charge in [-0.1, -0.05) is 6.07 Å². The molecule has 0 fully saturated rings. The van der Waals surface area contributed by atoms with Crippen LogP contribution in [0.1, 0.15) is 21.2 Å². The lowest BCUT2D eigenvalue weighted by molar-refractivity contribution is 0.0949. The van der Waals surface area contributed by atoms with Gasteiger partial charge in [-0.3, -0.25) is 9.89 Å². The van der Waals surface area contributed by atoms with Crippen LogP contribution in [0.15, 0.2) is 29.0 Å². The zero-order chi connectivity index (χ0) is 14.7. The van der Waals surface area contributed by atoms with Gasteiger partial charge < -0.3 is 5.32 Å². The summed E-state index contributed by atoms with van der Waals surface area (Å²) in [5, 5.41) is 14.9. The fourth-order valence-corrected chi connectivity index (χ4v) is 3.25. The lowest BCUT2D eigenvalue weighted by atomic mass is 10.3. The lowest BCUT2D eigenvalue weighted by Gasteiger charge is -2.00. The summed E-state index contributed by atoms with van der Waals surface area (Å²) in [7, 11) is 0. The van der Waals surface area contributed by atoms with E-state index in [0.717, 1.165) is 27.7 Å². The molecule has 0 atom stereocenters. The van der Waals surface area contributed by atoms with Crippen molar-refractivity contribution in [3.8, 4) is 10.6 Å². The smallest absolute Gasteiger partial charge is 0.271 e. The van der Waals surface area contributed by atoms with Crippen molar-refractivity contribution in [2.75, 3.05) is 6.54 Å². The predicted molar refractivity (Wildman–Crippen MR) is 84.8 cm³/mol. The van der Waals surface area contributed by atoms with Crippen molar-refractivity contribution in [3.63, 3.8) is 0 Å². The predicted octanol–water partition coefficient (Wildman–Crippen LogP) is 2.88. The maximum atomic E-state index is 12.0. The monoisotopic (exact) mass is 318 g/mol. The Morgan fingerprint density at radius 1 is 1.43 bits per heavy atom. The van der Waals surface area contributed by atoms with Crippen LogP contribution < -0.4 is 5.32 Å². The van der Waals surface area contributed by atoms with Crippen LogP contribution in [0.25, 0.3) is 10.6 Å². The molecule has 2 N–H and O–H groups in total. The van der Waals surface area contributed by atoms with Gasteiger partial charge in [-0.05, 0) is 24.4 Å². The third-order valence-electron chi connectivity index (χ3n) is 2.93. The van der Waals surface area contributed by atoms with Crippen molar-refractivity contribution < 1.29 is 4.79 Å². The number of nitrogens with zero attached hydrogens (tertiary/aromatic N) is 2. The summed E-state index contributed by atoms with van der Waals surface area (Å²) in [6, 6.07) is 5.73. The SMILES string of the molecule is Cc1nc(CCNC(=O)c2cc(-c3cccs3)[nH]n2)cs1. The molecule has 3 heterocycles. The second kappa shape index (κ2) is 6.19. The molecule has 0 aliphatic carbocycles. The molecule has 1 amide bonds. The van der Waals surface area contributed by atoms with Crippen LogP contribution in [0.3, 0.4) is 0 Å². The zero-order valence-electron chi connectivity index (χ0n) is 11.4. The molecule has 0 radical (unpaired) electrons. The number of nitrogens with one attached hydrogen (secondary N) is 2. The average molecular weight is 318 g/mol. The van der Waals surface area contributed by atoms with Crippen molar-refractivity contribution in [1.29, 1.82) is 0 Å². The fourth-order valence-electron chi connectivity index (χ4n) is 1.91. The van der Waals surface area contributed by atoms with Gasteiger partial charge in [-0.25, -0.2) is 4.98 Å². The van der Waals surface area contributed by atoms with E-state index in [-0.39, 0.29) is 5.91 Å². The molecular weight excluding hydrogens is 304 g/mol. The number of H-pyrrole nitrogens is 1. The molecule has 0 bridgehead atoms. The van der Waals surface area contributed by atoms with Gasteiger partial charge in [0.1, 0.15) is 0 Å². The Bertz CT molecular complexity index is 730. The number of hydrogen-bond acceptors (Lipinski definition) is 5. The van der Waals surface area contributed by atoms with E-state index in [1.807, 2.05) is 29.8 Å². The summed E-state index contributed by atoms with van der Waals surface area (Å²) in [5.74, 6) is -0.166. The van der Waals surface area contributed by atoms with E-state index in [2.05, 4.69) is 20.5 Å². The summed E-state index contributed by atoms with van der Waals surface area (Å²) in [6.07, 6.45) is 0.734. The highest BCUT2D eigenvalue weighted by molar-refractivity contribution is 7.13. The molecule has 3 aromatic heterocycles. The Kier molecular flexibility index (Phi) is 4.12. The first-order valence-corrected chi connectivity index (χ1v) is 8.27. The quantitative estimate of drug-likeness (QED) is 0.760. The van der Waals surface area contributed by atoms with Crippen molar-refractivity contribution in [2.45, 2.75) is 13.3 Å². The third-order valence-corrected chi connectivity index (χ3v) is 4.66. The van der Waals surface area contributed by atoms with E-state index >= 15 is 0 Å².